The summed E-state index contributed by atoms with van der Waals surface area (Å²) in [6, 6.07) is 0. The van der Waals surface area contributed by atoms with Crippen molar-refractivity contribution < 1.29 is 4.74 Å². The molecule has 0 saturated heterocycles. The predicted octanol–water partition coefficient (Wildman–Crippen LogP) is 4.24. The molecule has 14 heavy (non-hydrogen) atoms. The number of ether oxygens (including phenoxy) is 1. The van der Waals surface area contributed by atoms with Crippen LogP contribution in [0.2, 0.25) is 0 Å². The molecule has 1 nitrogen and oxygen atoms in total. The van der Waals surface area contributed by atoms with Gasteiger partial charge in [-0.1, -0.05) is 26.2 Å². The molecule has 0 aromatic rings. The average molecular weight is 214 g/mol. The first-order valence-electron chi connectivity index (χ1n) is 6.02. The third kappa shape index (κ3) is 4.94. The highest BCUT2D eigenvalue weighted by Gasteiger charge is 2.15. The third-order valence-electron chi connectivity index (χ3n) is 2.83. The van der Waals surface area contributed by atoms with Gasteiger partial charge in [-0.3, -0.25) is 0 Å². The monoisotopic (exact) mass is 214 g/mol. The van der Waals surface area contributed by atoms with Crippen molar-refractivity contribution in [2.75, 3.05) is 0 Å². The molecule has 1 rings (SSSR count). The van der Waals surface area contributed by atoms with E-state index in [9.17, 15) is 0 Å². The van der Waals surface area contributed by atoms with Crippen molar-refractivity contribution in [3.05, 3.63) is 0 Å². The maximum absolute atomic E-state index is 5.77. The standard InChI is InChI=1S/C12H22OS/c1-2-3-5-10-12(14)13-11-8-6-4-7-9-11/h11H,2-10H2,1H3. The van der Waals surface area contributed by atoms with Crippen LogP contribution >= 0.6 is 12.2 Å². The highest BCUT2D eigenvalue weighted by Crippen LogP contribution is 2.21. The molecule has 2 heteroatoms. The molecule has 1 aliphatic rings. The van der Waals surface area contributed by atoms with E-state index in [0.717, 1.165) is 11.5 Å². The zero-order valence-corrected chi connectivity index (χ0v) is 10.1. The highest BCUT2D eigenvalue weighted by molar-refractivity contribution is 7.80. The van der Waals surface area contributed by atoms with Crippen LogP contribution < -0.4 is 0 Å². The van der Waals surface area contributed by atoms with Crippen molar-refractivity contribution in [1.82, 2.24) is 0 Å². The van der Waals surface area contributed by atoms with Gasteiger partial charge >= 0.3 is 0 Å². The fraction of sp³-hybridized carbons (Fsp3) is 0.917. The summed E-state index contributed by atoms with van der Waals surface area (Å²) in [5.41, 5.74) is 0. The highest BCUT2D eigenvalue weighted by atomic mass is 32.1. The second-order valence-electron chi connectivity index (χ2n) is 4.21. The number of hydrogen-bond acceptors (Lipinski definition) is 2. The maximum atomic E-state index is 5.77. The third-order valence-corrected chi connectivity index (χ3v) is 3.14. The Morgan fingerprint density at radius 3 is 2.57 bits per heavy atom. The lowest BCUT2D eigenvalue weighted by Crippen LogP contribution is -2.19. The Morgan fingerprint density at radius 2 is 1.93 bits per heavy atom. The predicted molar refractivity (Wildman–Crippen MR) is 64.7 cm³/mol. The maximum Gasteiger partial charge on any atom is 0.160 e. The summed E-state index contributed by atoms with van der Waals surface area (Å²) in [7, 11) is 0. The smallest absolute Gasteiger partial charge is 0.160 e. The van der Waals surface area contributed by atoms with Crippen LogP contribution in [0.1, 0.15) is 64.7 Å². The van der Waals surface area contributed by atoms with Gasteiger partial charge in [0.15, 0.2) is 5.05 Å². The van der Waals surface area contributed by atoms with Gasteiger partial charge in [-0.25, -0.2) is 0 Å². The first-order chi connectivity index (χ1) is 6.83. The molecule has 0 atom stereocenters. The minimum Gasteiger partial charge on any atom is -0.484 e. The Balaban J connectivity index is 2.06. The van der Waals surface area contributed by atoms with Gasteiger partial charge < -0.3 is 4.74 Å². The molecule has 0 bridgehead atoms. The van der Waals surface area contributed by atoms with Crippen molar-refractivity contribution in [2.24, 2.45) is 0 Å². The summed E-state index contributed by atoms with van der Waals surface area (Å²) >= 11 is 5.23. The Bertz CT molecular complexity index is 162. The molecule has 0 aromatic heterocycles. The minimum atomic E-state index is 0.442. The fourth-order valence-corrected chi connectivity index (χ4v) is 2.23. The second kappa shape index (κ2) is 7.22. The summed E-state index contributed by atoms with van der Waals surface area (Å²) in [4.78, 5) is 0. The lowest BCUT2D eigenvalue weighted by Gasteiger charge is -2.23. The van der Waals surface area contributed by atoms with Crippen LogP contribution in [0.4, 0.5) is 0 Å². The lowest BCUT2D eigenvalue weighted by atomic mass is 9.98. The molecule has 0 heterocycles. The van der Waals surface area contributed by atoms with E-state index in [0.29, 0.717) is 6.10 Å². The lowest BCUT2D eigenvalue weighted by molar-refractivity contribution is 0.143. The first kappa shape index (κ1) is 12.0. The number of rotatable bonds is 5. The van der Waals surface area contributed by atoms with Crippen LogP contribution in [0.25, 0.3) is 0 Å². The molecule has 0 aromatic carbocycles. The summed E-state index contributed by atoms with van der Waals surface area (Å²) in [5, 5.41) is 0.852. The molecule has 0 N–H and O–H groups in total. The molecule has 0 radical (unpaired) electrons. The first-order valence-corrected chi connectivity index (χ1v) is 6.43. The van der Waals surface area contributed by atoms with Crippen molar-refractivity contribution in [3.8, 4) is 0 Å². The molecule has 0 spiro atoms. The second-order valence-corrected chi connectivity index (χ2v) is 4.66. The molecule has 0 aliphatic heterocycles. The Labute approximate surface area is 93.2 Å². The van der Waals surface area contributed by atoms with E-state index in [-0.39, 0.29) is 0 Å². The zero-order valence-electron chi connectivity index (χ0n) is 9.26. The molecule has 82 valence electrons. The van der Waals surface area contributed by atoms with Crippen molar-refractivity contribution in [3.63, 3.8) is 0 Å². The minimum absolute atomic E-state index is 0.442. The molecular formula is C12H22OS. The normalized spacial score (nSPS) is 18.1. The van der Waals surface area contributed by atoms with E-state index in [2.05, 4.69) is 6.92 Å². The SMILES string of the molecule is CCCCCC(=S)OC1CCCCC1. The molecule has 0 unspecified atom stereocenters. The van der Waals surface area contributed by atoms with Crippen LogP contribution in [-0.2, 0) is 4.74 Å². The van der Waals surface area contributed by atoms with E-state index in [4.69, 9.17) is 17.0 Å². The number of hydrogen-bond donors (Lipinski definition) is 0. The zero-order chi connectivity index (χ0) is 10.2. The van der Waals surface area contributed by atoms with E-state index in [1.807, 2.05) is 0 Å². The van der Waals surface area contributed by atoms with E-state index in [1.54, 1.807) is 0 Å². The van der Waals surface area contributed by atoms with Crippen LogP contribution in [-0.4, -0.2) is 11.2 Å². The molecule has 1 saturated carbocycles. The van der Waals surface area contributed by atoms with Gasteiger partial charge in [-0.2, -0.15) is 0 Å². The summed E-state index contributed by atoms with van der Waals surface area (Å²) in [5.74, 6) is 0. The Hall–Kier alpha value is -0.110. The largest absolute Gasteiger partial charge is 0.484 e. The van der Waals surface area contributed by atoms with Crippen molar-refractivity contribution >= 4 is 17.3 Å². The molecule has 1 aliphatic carbocycles. The quantitative estimate of drug-likeness (QED) is 0.500. The molecule has 0 amide bonds. The Morgan fingerprint density at radius 1 is 1.21 bits per heavy atom. The van der Waals surface area contributed by atoms with Gasteiger partial charge in [0.05, 0.1) is 6.10 Å². The summed E-state index contributed by atoms with van der Waals surface area (Å²) in [6.45, 7) is 2.21. The fourth-order valence-electron chi connectivity index (χ4n) is 1.95. The van der Waals surface area contributed by atoms with Gasteiger partial charge in [-0.05, 0) is 44.3 Å². The number of thiocarbonyl (C=S) groups is 1. The van der Waals surface area contributed by atoms with Gasteiger partial charge in [0.2, 0.25) is 0 Å². The van der Waals surface area contributed by atoms with Crippen molar-refractivity contribution in [1.29, 1.82) is 0 Å². The number of unbranched alkanes of at least 4 members (excludes halogenated alkanes) is 2. The van der Waals surface area contributed by atoms with E-state index < -0.39 is 0 Å². The topological polar surface area (TPSA) is 9.23 Å². The summed E-state index contributed by atoms with van der Waals surface area (Å²) in [6.07, 6.45) is 11.6. The average Bonchev–Trinajstić information content (AvgIpc) is 2.20. The molecule has 1 fully saturated rings. The van der Waals surface area contributed by atoms with Crippen LogP contribution in [0.3, 0.4) is 0 Å². The van der Waals surface area contributed by atoms with Gasteiger partial charge in [0, 0.05) is 6.42 Å². The van der Waals surface area contributed by atoms with Gasteiger partial charge in [0.25, 0.3) is 0 Å². The van der Waals surface area contributed by atoms with Gasteiger partial charge in [-0.15, -0.1) is 0 Å². The van der Waals surface area contributed by atoms with Gasteiger partial charge in [0.1, 0.15) is 0 Å². The Kier molecular flexibility index (Phi) is 6.17. The van der Waals surface area contributed by atoms with Crippen molar-refractivity contribution in [2.45, 2.75) is 70.8 Å². The van der Waals surface area contributed by atoms with Crippen LogP contribution in [0, 0.1) is 0 Å². The van der Waals surface area contributed by atoms with E-state index >= 15 is 0 Å². The molecular weight excluding hydrogens is 192 g/mol. The van der Waals surface area contributed by atoms with Crippen LogP contribution in [0.15, 0.2) is 0 Å². The summed E-state index contributed by atoms with van der Waals surface area (Å²) < 4.78 is 5.77. The van der Waals surface area contributed by atoms with E-state index in [1.165, 1.54) is 51.4 Å². The van der Waals surface area contributed by atoms with Crippen LogP contribution in [0.5, 0.6) is 0 Å².